The van der Waals surface area contributed by atoms with Gasteiger partial charge in [-0.1, -0.05) is 63.1 Å². The van der Waals surface area contributed by atoms with Crippen molar-refractivity contribution in [3.05, 3.63) is 130 Å². The van der Waals surface area contributed by atoms with Crippen LogP contribution in [0, 0.1) is 23.3 Å². The molecule has 2 fully saturated rings. The highest BCUT2D eigenvalue weighted by molar-refractivity contribution is 5.86. The Bertz CT molecular complexity index is 2610. The first kappa shape index (κ1) is 51.7. The van der Waals surface area contributed by atoms with Gasteiger partial charge in [0.25, 0.3) is 0 Å². The van der Waals surface area contributed by atoms with Gasteiger partial charge in [-0.3, -0.25) is 19.6 Å². The molecule has 0 radical (unpaired) electrons. The minimum atomic E-state index is -4.53. The number of hydrogen-bond donors (Lipinski definition) is 2. The van der Waals surface area contributed by atoms with Crippen LogP contribution in [-0.4, -0.2) is 118 Å². The molecule has 16 heteroatoms. The Balaban J connectivity index is 0.000000178. The van der Waals surface area contributed by atoms with Gasteiger partial charge < -0.3 is 19.4 Å². The molecule has 6 aromatic rings. The molecular formula is C56H66F8N6O2. The Hall–Kier alpha value is -5.16. The van der Waals surface area contributed by atoms with Crippen molar-refractivity contribution in [2.45, 2.75) is 128 Å². The number of ether oxygens (including phenoxy) is 2. The molecule has 0 spiro atoms. The Morgan fingerprint density at radius 2 is 0.944 bits per heavy atom. The summed E-state index contributed by atoms with van der Waals surface area (Å²) in [6.45, 7) is 14.6. The fraction of sp³-hybridized carbons (Fsp3) is 0.500. The molecule has 8 nitrogen and oxygen atoms in total. The molecule has 0 amide bonds. The standard InChI is InChI=1S/C29H36F3N3O.C27H30F5N3O/c1-5-6-11-34-15-20(16-34)36-19-13-23(30)26(24(31)14-19)28-27-22(21-9-7-8-10-25(21)33-27)12-18(2)35(28)17-29(3,4)32;1-3-4-9-34-13-18(14-34)36-17-11-21(28)24(22(29)12-17)26-25-20(19-7-5-6-8-23(19)33-25)10-16(2)35(26)15-27(30,31)32/h7-10,13-14,18,20,28,33H,5-6,11-12,15-17H2,1-4H3;5-8,11-12,16,18,26,33H,3-4,9-10,13-15H2,1-2H3/t18-,28-;16-,26-/m11/s1. The van der Waals surface area contributed by atoms with Crippen LogP contribution >= 0.6 is 0 Å². The fourth-order valence-electron chi connectivity index (χ4n) is 11.3. The number of unbranched alkanes of at least 4 members (excludes halogenated alkanes) is 2. The first-order valence-electron chi connectivity index (χ1n) is 25.5. The number of aromatic amines is 2. The number of H-pyrrole nitrogens is 2. The molecule has 388 valence electrons. The van der Waals surface area contributed by atoms with E-state index in [1.165, 1.54) is 26.0 Å². The topological polar surface area (TPSA) is 63.0 Å². The zero-order valence-electron chi connectivity index (χ0n) is 41.9. The molecule has 0 bridgehead atoms. The van der Waals surface area contributed by atoms with E-state index in [2.05, 4.69) is 33.6 Å². The molecule has 4 aliphatic rings. The summed E-state index contributed by atoms with van der Waals surface area (Å²) in [6, 6.07) is 17.3. The van der Waals surface area contributed by atoms with E-state index < -0.39 is 65.3 Å². The summed E-state index contributed by atoms with van der Waals surface area (Å²) >= 11 is 0. The quantitative estimate of drug-likeness (QED) is 0.1000. The number of alkyl halides is 4. The highest BCUT2D eigenvalue weighted by atomic mass is 19.4. The molecule has 10 rings (SSSR count). The monoisotopic (exact) mass is 1010 g/mol. The SMILES string of the molecule is CCCCN1CC(Oc2cc(F)c([C@@H]3c4[nH]c5ccccc5c4C[C@@H](C)N3CC(C)(C)F)c(F)c2)C1.CCCCN1CC(Oc2cc(F)c([C@@H]3c4[nH]c5ccccc5c4C[C@@H](C)N3CC(F)(F)F)c(F)c2)C1. The van der Waals surface area contributed by atoms with Gasteiger partial charge in [0.05, 0.1) is 18.6 Å². The first-order valence-corrected chi connectivity index (χ1v) is 25.5. The molecule has 2 aromatic heterocycles. The van der Waals surface area contributed by atoms with Crippen molar-refractivity contribution in [3.8, 4) is 11.5 Å². The molecule has 0 saturated carbocycles. The van der Waals surface area contributed by atoms with Crippen LogP contribution in [0.3, 0.4) is 0 Å². The molecular weight excluding hydrogens is 941 g/mol. The lowest BCUT2D eigenvalue weighted by atomic mass is 9.87. The lowest BCUT2D eigenvalue weighted by Gasteiger charge is -2.43. The van der Waals surface area contributed by atoms with Crippen LogP contribution in [0.15, 0.2) is 72.8 Å². The highest BCUT2D eigenvalue weighted by Gasteiger charge is 2.45. The predicted octanol–water partition coefficient (Wildman–Crippen LogP) is 12.6. The highest BCUT2D eigenvalue weighted by Crippen LogP contribution is 2.46. The minimum absolute atomic E-state index is 0.0528. The number of fused-ring (bicyclic) bond motifs is 6. The number of nitrogens with zero attached hydrogens (tertiary/aromatic N) is 4. The molecule has 0 aliphatic carbocycles. The second-order valence-corrected chi connectivity index (χ2v) is 21.0. The molecule has 72 heavy (non-hydrogen) atoms. The van der Waals surface area contributed by atoms with Crippen molar-refractivity contribution in [1.82, 2.24) is 29.6 Å². The van der Waals surface area contributed by atoms with Crippen molar-refractivity contribution < 1.29 is 44.6 Å². The van der Waals surface area contributed by atoms with Gasteiger partial charge >= 0.3 is 6.18 Å². The fourth-order valence-corrected chi connectivity index (χ4v) is 11.3. The third-order valence-electron chi connectivity index (χ3n) is 14.7. The number of likely N-dealkylation sites (tertiary alicyclic amines) is 2. The van der Waals surface area contributed by atoms with Crippen LogP contribution in [0.1, 0.15) is 113 Å². The molecule has 2 saturated heterocycles. The lowest BCUT2D eigenvalue weighted by Crippen LogP contribution is -2.53. The van der Waals surface area contributed by atoms with E-state index in [1.807, 2.05) is 60.4 Å². The number of rotatable bonds is 15. The smallest absolute Gasteiger partial charge is 0.401 e. The molecule has 2 N–H and O–H groups in total. The maximum Gasteiger partial charge on any atom is 0.401 e. The molecule has 4 atom stereocenters. The number of benzene rings is 4. The van der Waals surface area contributed by atoms with Gasteiger partial charge in [0, 0.05) is 113 Å². The zero-order chi connectivity index (χ0) is 51.2. The van der Waals surface area contributed by atoms with Gasteiger partial charge in [-0.05, 0) is 89.7 Å². The number of para-hydroxylation sites is 2. The van der Waals surface area contributed by atoms with E-state index in [1.54, 1.807) is 6.92 Å². The van der Waals surface area contributed by atoms with Crippen LogP contribution in [-0.2, 0) is 12.8 Å². The van der Waals surface area contributed by atoms with Crippen LogP contribution in [0.4, 0.5) is 35.1 Å². The van der Waals surface area contributed by atoms with Crippen LogP contribution in [0.2, 0.25) is 0 Å². The number of aromatic nitrogens is 2. The Morgan fingerprint density at radius 1 is 0.569 bits per heavy atom. The van der Waals surface area contributed by atoms with E-state index in [0.29, 0.717) is 31.6 Å². The van der Waals surface area contributed by atoms with E-state index in [4.69, 9.17) is 9.47 Å². The number of nitrogens with one attached hydrogen (secondary N) is 2. The maximum absolute atomic E-state index is 15.7. The second-order valence-electron chi connectivity index (χ2n) is 21.0. The number of halogens is 8. The summed E-state index contributed by atoms with van der Waals surface area (Å²) in [4.78, 5) is 14.1. The molecule has 4 aromatic carbocycles. The maximum atomic E-state index is 15.7. The van der Waals surface area contributed by atoms with Gasteiger partial charge in [-0.15, -0.1) is 0 Å². The van der Waals surface area contributed by atoms with E-state index >= 15 is 17.6 Å². The summed E-state index contributed by atoms with van der Waals surface area (Å²) in [6.07, 6.45) is 0.686. The third-order valence-corrected chi connectivity index (χ3v) is 14.7. The Morgan fingerprint density at radius 3 is 1.31 bits per heavy atom. The van der Waals surface area contributed by atoms with Crippen molar-refractivity contribution in [2.24, 2.45) is 0 Å². The van der Waals surface area contributed by atoms with Crippen molar-refractivity contribution in [2.75, 3.05) is 52.4 Å². The van der Waals surface area contributed by atoms with Gasteiger partial charge in [-0.2, -0.15) is 13.2 Å². The second kappa shape index (κ2) is 21.0. The van der Waals surface area contributed by atoms with Gasteiger partial charge in [0.2, 0.25) is 0 Å². The molecule has 6 heterocycles. The zero-order valence-corrected chi connectivity index (χ0v) is 41.9. The largest absolute Gasteiger partial charge is 0.488 e. The lowest BCUT2D eigenvalue weighted by molar-refractivity contribution is -0.155. The summed E-state index contributed by atoms with van der Waals surface area (Å²) in [5.41, 5.74) is 2.62. The first-order chi connectivity index (χ1) is 34.3. The van der Waals surface area contributed by atoms with Crippen LogP contribution in [0.25, 0.3) is 21.8 Å². The van der Waals surface area contributed by atoms with Gasteiger partial charge in [0.15, 0.2) is 0 Å². The van der Waals surface area contributed by atoms with Crippen molar-refractivity contribution in [1.29, 1.82) is 0 Å². The summed E-state index contributed by atoms with van der Waals surface area (Å²) < 4.78 is 130. The van der Waals surface area contributed by atoms with E-state index in [9.17, 15) is 17.6 Å². The normalized spacial score (nSPS) is 21.5. The summed E-state index contributed by atoms with van der Waals surface area (Å²) in [5.74, 6) is -2.91. The van der Waals surface area contributed by atoms with Crippen LogP contribution in [0.5, 0.6) is 11.5 Å². The van der Waals surface area contributed by atoms with Crippen molar-refractivity contribution >= 4 is 21.8 Å². The molecule has 4 aliphatic heterocycles. The number of hydrogen-bond acceptors (Lipinski definition) is 6. The van der Waals surface area contributed by atoms with Crippen LogP contribution < -0.4 is 9.47 Å². The average molecular weight is 1010 g/mol. The van der Waals surface area contributed by atoms with Crippen molar-refractivity contribution in [3.63, 3.8) is 0 Å². The molecule has 0 unspecified atom stereocenters. The van der Waals surface area contributed by atoms with E-state index in [-0.39, 0.29) is 41.9 Å². The van der Waals surface area contributed by atoms with E-state index in [0.717, 1.165) is 108 Å². The minimum Gasteiger partial charge on any atom is -0.488 e. The van der Waals surface area contributed by atoms with Gasteiger partial charge in [0.1, 0.15) is 52.6 Å². The average Bonchev–Trinajstić information content (AvgIpc) is 3.84. The summed E-state index contributed by atoms with van der Waals surface area (Å²) in [5, 5.41) is 1.90. The summed E-state index contributed by atoms with van der Waals surface area (Å²) in [7, 11) is 0. The Kier molecular flexibility index (Phi) is 15.1. The predicted molar refractivity (Wildman–Crippen MR) is 266 cm³/mol. The Labute approximate surface area is 416 Å². The van der Waals surface area contributed by atoms with Gasteiger partial charge in [-0.25, -0.2) is 22.0 Å². The third kappa shape index (κ3) is 11.0.